The summed E-state index contributed by atoms with van der Waals surface area (Å²) < 4.78 is 0. The smallest absolute Gasteiger partial charge is 0.137 e. The molecule has 2 saturated carbocycles. The van der Waals surface area contributed by atoms with Gasteiger partial charge in [-0.25, -0.2) is 0 Å². The Labute approximate surface area is 84.0 Å². The number of ketones is 1. The number of rotatable bonds is 0. The molecule has 0 aliphatic heterocycles. The minimum atomic E-state index is -0.226. The zero-order valence-electron chi connectivity index (χ0n) is 8.23. The molecule has 0 heterocycles. The number of aliphatic hydroxyl groups excluding tert-OH is 1. The van der Waals surface area contributed by atoms with Gasteiger partial charge in [0, 0.05) is 18.3 Å². The van der Waals surface area contributed by atoms with Gasteiger partial charge in [-0.15, -0.1) is 0 Å². The van der Waals surface area contributed by atoms with Crippen molar-refractivity contribution in [3.63, 3.8) is 0 Å². The summed E-state index contributed by atoms with van der Waals surface area (Å²) in [7, 11) is 0. The van der Waals surface area contributed by atoms with Gasteiger partial charge in [0.2, 0.25) is 0 Å². The summed E-state index contributed by atoms with van der Waals surface area (Å²) in [5.74, 6) is 1.72. The van der Waals surface area contributed by atoms with Gasteiger partial charge in [0.05, 0.1) is 6.10 Å². The van der Waals surface area contributed by atoms with Crippen molar-refractivity contribution < 1.29 is 9.90 Å². The fraction of sp³-hybridized carbons (Fsp3) is 0.750. The molecule has 0 spiro atoms. The maximum atomic E-state index is 11.8. The first-order valence-corrected chi connectivity index (χ1v) is 5.66. The summed E-state index contributed by atoms with van der Waals surface area (Å²) in [4.78, 5) is 11.8. The van der Waals surface area contributed by atoms with Crippen LogP contribution in [0.1, 0.15) is 25.7 Å². The molecule has 5 atom stereocenters. The van der Waals surface area contributed by atoms with E-state index in [1.54, 1.807) is 0 Å². The van der Waals surface area contributed by atoms with Crippen LogP contribution in [-0.4, -0.2) is 17.0 Å². The number of hydrogen-bond donors (Lipinski definition) is 1. The Morgan fingerprint density at radius 1 is 1.14 bits per heavy atom. The second-order valence-corrected chi connectivity index (χ2v) is 4.97. The Kier molecular flexibility index (Phi) is 1.81. The summed E-state index contributed by atoms with van der Waals surface area (Å²) in [6.07, 6.45) is 7.84. The van der Waals surface area contributed by atoms with Gasteiger partial charge < -0.3 is 5.11 Å². The molecule has 14 heavy (non-hydrogen) atoms. The highest BCUT2D eigenvalue weighted by Gasteiger charge is 2.49. The highest BCUT2D eigenvalue weighted by molar-refractivity contribution is 5.83. The van der Waals surface area contributed by atoms with Crippen LogP contribution in [0.25, 0.3) is 0 Å². The van der Waals surface area contributed by atoms with E-state index in [0.717, 1.165) is 6.42 Å². The van der Waals surface area contributed by atoms with Crippen molar-refractivity contribution in [1.29, 1.82) is 0 Å². The molecule has 2 heteroatoms. The summed E-state index contributed by atoms with van der Waals surface area (Å²) in [6.45, 7) is 0. The lowest BCUT2D eigenvalue weighted by Gasteiger charge is -2.48. The molecule has 1 N–H and O–H groups in total. The molecule has 4 rings (SSSR count). The van der Waals surface area contributed by atoms with Gasteiger partial charge in [-0.05, 0) is 31.1 Å². The molecule has 4 aliphatic carbocycles. The Morgan fingerprint density at radius 2 is 1.86 bits per heavy atom. The molecule has 2 fully saturated rings. The normalized spacial score (nSPS) is 50.6. The molecular formula is C12H16O2. The number of fused-ring (bicyclic) bond motifs is 1. The number of carbonyl (C=O) groups excluding carboxylic acids is 1. The first-order valence-electron chi connectivity index (χ1n) is 5.66. The quantitative estimate of drug-likeness (QED) is 0.591. The van der Waals surface area contributed by atoms with Crippen LogP contribution in [0.5, 0.6) is 0 Å². The van der Waals surface area contributed by atoms with Crippen LogP contribution in [0.2, 0.25) is 0 Å². The van der Waals surface area contributed by atoms with Crippen molar-refractivity contribution in [2.75, 3.05) is 0 Å². The number of aliphatic hydroxyl groups is 1. The van der Waals surface area contributed by atoms with E-state index in [1.807, 2.05) is 0 Å². The number of carbonyl (C=O) groups is 1. The van der Waals surface area contributed by atoms with E-state index in [2.05, 4.69) is 12.2 Å². The molecular weight excluding hydrogens is 176 g/mol. The minimum Gasteiger partial charge on any atom is -0.393 e. The van der Waals surface area contributed by atoms with Crippen LogP contribution in [-0.2, 0) is 4.79 Å². The van der Waals surface area contributed by atoms with Crippen molar-refractivity contribution in [2.45, 2.75) is 31.8 Å². The van der Waals surface area contributed by atoms with Crippen molar-refractivity contribution >= 4 is 5.78 Å². The molecule has 0 unspecified atom stereocenters. The maximum absolute atomic E-state index is 11.8. The standard InChI is InChI=1S/C12H16O2/c13-9-5-6-10(14)12-8-2-1-7(3-4-8)11(9)12/h1-2,7-9,11-13H,3-6H2/t7-,8+,9+,11+,12-/m0/s1. The Hall–Kier alpha value is -0.630. The van der Waals surface area contributed by atoms with Crippen LogP contribution in [0, 0.1) is 23.7 Å². The molecule has 0 saturated heterocycles. The van der Waals surface area contributed by atoms with Crippen LogP contribution in [0.15, 0.2) is 12.2 Å². The van der Waals surface area contributed by atoms with Gasteiger partial charge in [0.25, 0.3) is 0 Å². The lowest BCUT2D eigenvalue weighted by molar-refractivity contribution is -0.138. The van der Waals surface area contributed by atoms with E-state index in [-0.39, 0.29) is 17.9 Å². The first-order chi connectivity index (χ1) is 6.77. The van der Waals surface area contributed by atoms with Crippen molar-refractivity contribution in [2.24, 2.45) is 23.7 Å². The van der Waals surface area contributed by atoms with Gasteiger partial charge in [0.15, 0.2) is 0 Å². The summed E-state index contributed by atoms with van der Waals surface area (Å²) >= 11 is 0. The molecule has 0 aromatic carbocycles. The maximum Gasteiger partial charge on any atom is 0.137 e. The third kappa shape index (κ3) is 1.04. The molecule has 76 valence electrons. The molecule has 0 amide bonds. The highest BCUT2D eigenvalue weighted by Crippen LogP contribution is 2.49. The van der Waals surface area contributed by atoms with Crippen LogP contribution >= 0.6 is 0 Å². The third-order valence-electron chi connectivity index (χ3n) is 4.31. The third-order valence-corrected chi connectivity index (χ3v) is 4.31. The number of Topliss-reactive ketones (excluding diaryl/α,β-unsaturated/α-hetero) is 1. The lowest BCUT2D eigenvalue weighted by Crippen LogP contribution is -2.49. The van der Waals surface area contributed by atoms with E-state index < -0.39 is 0 Å². The van der Waals surface area contributed by atoms with E-state index in [9.17, 15) is 9.90 Å². The fourth-order valence-corrected chi connectivity index (χ4v) is 3.66. The summed E-state index contributed by atoms with van der Waals surface area (Å²) in [6, 6.07) is 0. The van der Waals surface area contributed by atoms with Gasteiger partial charge >= 0.3 is 0 Å². The van der Waals surface area contributed by atoms with Crippen molar-refractivity contribution in [1.82, 2.24) is 0 Å². The minimum absolute atomic E-state index is 0.155. The Bertz CT molecular complexity index is 295. The van der Waals surface area contributed by atoms with E-state index in [4.69, 9.17) is 0 Å². The first kappa shape index (κ1) is 8.66. The molecule has 2 bridgehead atoms. The van der Waals surface area contributed by atoms with Crippen LogP contribution in [0.3, 0.4) is 0 Å². The van der Waals surface area contributed by atoms with Gasteiger partial charge in [0.1, 0.15) is 5.78 Å². The van der Waals surface area contributed by atoms with E-state index in [0.29, 0.717) is 30.5 Å². The molecule has 2 nitrogen and oxygen atoms in total. The second-order valence-electron chi connectivity index (χ2n) is 4.97. The zero-order chi connectivity index (χ0) is 9.71. The second kappa shape index (κ2) is 2.93. The monoisotopic (exact) mass is 192 g/mol. The molecule has 0 aromatic rings. The molecule has 0 aromatic heterocycles. The average Bonchev–Trinajstić information content (AvgIpc) is 2.25. The molecule has 0 radical (unpaired) electrons. The number of hydrogen-bond acceptors (Lipinski definition) is 2. The number of allylic oxidation sites excluding steroid dienone is 2. The fourth-order valence-electron chi connectivity index (χ4n) is 3.66. The highest BCUT2D eigenvalue weighted by atomic mass is 16.3. The van der Waals surface area contributed by atoms with Crippen molar-refractivity contribution in [3.05, 3.63) is 12.2 Å². The topological polar surface area (TPSA) is 37.3 Å². The van der Waals surface area contributed by atoms with Gasteiger partial charge in [-0.2, -0.15) is 0 Å². The van der Waals surface area contributed by atoms with Crippen molar-refractivity contribution in [3.8, 4) is 0 Å². The van der Waals surface area contributed by atoms with Crippen LogP contribution in [0.4, 0.5) is 0 Å². The van der Waals surface area contributed by atoms with Gasteiger partial charge in [-0.1, -0.05) is 12.2 Å². The lowest BCUT2D eigenvalue weighted by atomic mass is 9.56. The predicted molar refractivity (Wildman–Crippen MR) is 52.6 cm³/mol. The SMILES string of the molecule is O=C1CC[C@@H](O)[C@@H]2[C@H]1[C@@H]1C=C[C@H]2CC1. The zero-order valence-corrected chi connectivity index (χ0v) is 8.23. The van der Waals surface area contributed by atoms with E-state index >= 15 is 0 Å². The van der Waals surface area contributed by atoms with Crippen LogP contribution < -0.4 is 0 Å². The summed E-state index contributed by atoms with van der Waals surface area (Å²) in [5.41, 5.74) is 0. The molecule has 4 aliphatic rings. The predicted octanol–water partition coefficient (Wildman–Crippen LogP) is 1.54. The van der Waals surface area contributed by atoms with Gasteiger partial charge in [-0.3, -0.25) is 4.79 Å². The van der Waals surface area contributed by atoms with E-state index in [1.165, 1.54) is 6.42 Å². The Balaban J connectivity index is 1.98. The Morgan fingerprint density at radius 3 is 2.50 bits per heavy atom. The average molecular weight is 192 g/mol. The summed E-state index contributed by atoms with van der Waals surface area (Å²) in [5, 5.41) is 9.96. The largest absolute Gasteiger partial charge is 0.393 e.